The van der Waals surface area contributed by atoms with E-state index in [1.165, 1.54) is 28.8 Å². The fourth-order valence-corrected chi connectivity index (χ4v) is 4.16. The molecule has 6 heteroatoms. The molecule has 3 rings (SSSR count). The lowest BCUT2D eigenvalue weighted by atomic mass is 9.97. The zero-order valence-electron chi connectivity index (χ0n) is 15.6. The fraction of sp³-hybridized carbons (Fsp3) is 0.450. The number of nitrogens with zero attached hydrogens (tertiary/aromatic N) is 2. The predicted octanol–water partition coefficient (Wildman–Crippen LogP) is 4.62. The number of aryl methyl sites for hydroxylation is 2. The number of anilines is 1. The number of likely N-dealkylation sites (tertiary alicyclic amines) is 1. The van der Waals surface area contributed by atoms with Gasteiger partial charge in [0.15, 0.2) is 5.96 Å². The van der Waals surface area contributed by atoms with E-state index in [1.807, 2.05) is 11.3 Å². The number of aliphatic imine (C=N–C) groups is 1. The number of benzene rings is 1. The van der Waals surface area contributed by atoms with E-state index >= 15 is 0 Å². The molecule has 4 nitrogen and oxygen atoms in total. The molecule has 0 bridgehead atoms. The third-order valence-corrected chi connectivity index (χ3v) is 5.54. The number of hydrogen-bond donors (Lipinski definition) is 2. The average Bonchev–Trinajstić information content (AvgIpc) is 3.06. The van der Waals surface area contributed by atoms with E-state index < -0.39 is 0 Å². The van der Waals surface area contributed by atoms with E-state index in [2.05, 4.69) is 64.8 Å². The summed E-state index contributed by atoms with van der Waals surface area (Å²) in [5.41, 5.74) is 9.55. The van der Waals surface area contributed by atoms with Gasteiger partial charge in [-0.15, -0.1) is 35.3 Å². The standard InChI is InChI=1S/C20H28N4S.HI/c1-15-10-16(2)12-18(11-15)23-20(21)22-13-17-5-7-24(8-6-17)14-19-4-3-9-25-19;/h3-4,9-12,17H,5-8,13-14H2,1-2H3,(H3,21,22,23);1H. The summed E-state index contributed by atoms with van der Waals surface area (Å²) in [5, 5.41) is 5.38. The van der Waals surface area contributed by atoms with Crippen LogP contribution in [-0.4, -0.2) is 30.5 Å². The van der Waals surface area contributed by atoms with Crippen molar-refractivity contribution < 1.29 is 0 Å². The Balaban J connectivity index is 0.00000243. The van der Waals surface area contributed by atoms with Gasteiger partial charge in [0.25, 0.3) is 0 Å². The summed E-state index contributed by atoms with van der Waals surface area (Å²) in [7, 11) is 0. The second-order valence-electron chi connectivity index (χ2n) is 7.03. The van der Waals surface area contributed by atoms with E-state index in [0.29, 0.717) is 11.9 Å². The third-order valence-electron chi connectivity index (χ3n) is 4.68. The number of rotatable bonds is 5. The van der Waals surface area contributed by atoms with Gasteiger partial charge in [0.05, 0.1) is 0 Å². The maximum Gasteiger partial charge on any atom is 0.193 e. The van der Waals surface area contributed by atoms with Crippen molar-refractivity contribution in [2.75, 3.05) is 25.0 Å². The molecule has 142 valence electrons. The van der Waals surface area contributed by atoms with Crippen molar-refractivity contribution in [1.29, 1.82) is 0 Å². The zero-order valence-corrected chi connectivity index (χ0v) is 18.7. The molecule has 1 aromatic carbocycles. The van der Waals surface area contributed by atoms with Crippen molar-refractivity contribution in [3.63, 3.8) is 0 Å². The van der Waals surface area contributed by atoms with Crippen LogP contribution in [0.2, 0.25) is 0 Å². The van der Waals surface area contributed by atoms with E-state index in [4.69, 9.17) is 5.73 Å². The van der Waals surface area contributed by atoms with Crippen molar-refractivity contribution in [2.45, 2.75) is 33.2 Å². The van der Waals surface area contributed by atoms with E-state index in [1.54, 1.807) is 0 Å². The zero-order chi connectivity index (χ0) is 17.6. The summed E-state index contributed by atoms with van der Waals surface area (Å²) in [6.07, 6.45) is 2.40. The van der Waals surface area contributed by atoms with Gasteiger partial charge in [-0.05, 0) is 80.4 Å². The molecular weight excluding hydrogens is 455 g/mol. The van der Waals surface area contributed by atoms with Gasteiger partial charge < -0.3 is 11.1 Å². The Kier molecular flexibility index (Phi) is 8.37. The van der Waals surface area contributed by atoms with Crippen molar-refractivity contribution in [3.05, 3.63) is 51.7 Å². The van der Waals surface area contributed by atoms with Crippen molar-refractivity contribution in [3.8, 4) is 0 Å². The lowest BCUT2D eigenvalue weighted by Gasteiger charge is -2.30. The Hall–Kier alpha value is -1.12. The number of nitrogens with two attached hydrogens (primary N) is 1. The molecule has 1 saturated heterocycles. The van der Waals surface area contributed by atoms with Crippen LogP contribution in [0.1, 0.15) is 28.8 Å². The second kappa shape index (κ2) is 10.3. The summed E-state index contributed by atoms with van der Waals surface area (Å²) in [4.78, 5) is 8.57. The van der Waals surface area contributed by atoms with Crippen molar-refractivity contribution in [2.24, 2.45) is 16.6 Å². The minimum absolute atomic E-state index is 0. The Labute approximate surface area is 177 Å². The molecule has 3 N–H and O–H groups in total. The third kappa shape index (κ3) is 6.55. The summed E-state index contributed by atoms with van der Waals surface area (Å²) >= 11 is 1.85. The van der Waals surface area contributed by atoms with Crippen molar-refractivity contribution in [1.82, 2.24) is 4.90 Å². The van der Waals surface area contributed by atoms with E-state index in [0.717, 1.165) is 31.9 Å². The first-order chi connectivity index (χ1) is 12.1. The highest BCUT2D eigenvalue weighted by Crippen LogP contribution is 2.21. The van der Waals surface area contributed by atoms with Crippen LogP contribution in [0.3, 0.4) is 0 Å². The largest absolute Gasteiger partial charge is 0.370 e. The maximum atomic E-state index is 6.07. The van der Waals surface area contributed by atoms with Gasteiger partial charge in [-0.3, -0.25) is 9.89 Å². The van der Waals surface area contributed by atoms with Crippen molar-refractivity contribution >= 4 is 47.0 Å². The summed E-state index contributed by atoms with van der Waals surface area (Å²) < 4.78 is 0. The van der Waals surface area contributed by atoms with E-state index in [9.17, 15) is 0 Å². The molecule has 0 saturated carbocycles. The molecule has 26 heavy (non-hydrogen) atoms. The SMILES string of the molecule is Cc1cc(C)cc(NC(N)=NCC2CCN(Cc3cccs3)CC2)c1.I. The molecule has 0 spiro atoms. The topological polar surface area (TPSA) is 53.6 Å². The van der Waals surface area contributed by atoms with Gasteiger partial charge in [-0.2, -0.15) is 0 Å². The van der Waals surface area contributed by atoms with Crippen LogP contribution < -0.4 is 11.1 Å². The van der Waals surface area contributed by atoms with Crippen LogP contribution in [0.4, 0.5) is 5.69 Å². The molecule has 0 unspecified atom stereocenters. The predicted molar refractivity (Wildman–Crippen MR) is 124 cm³/mol. The van der Waals surface area contributed by atoms with Crippen LogP contribution in [0, 0.1) is 19.8 Å². The van der Waals surface area contributed by atoms with Crippen LogP contribution >= 0.6 is 35.3 Å². The molecule has 1 fully saturated rings. The molecule has 0 aliphatic carbocycles. The monoisotopic (exact) mass is 484 g/mol. The molecule has 1 aliphatic heterocycles. The van der Waals surface area contributed by atoms with Crippen LogP contribution in [0.15, 0.2) is 40.7 Å². The molecule has 0 radical (unpaired) electrons. The highest BCUT2D eigenvalue weighted by molar-refractivity contribution is 14.0. The van der Waals surface area contributed by atoms with Gasteiger partial charge in [-0.25, -0.2) is 0 Å². The number of thiophene rings is 1. The first-order valence-corrected chi connectivity index (χ1v) is 9.86. The number of guanidine groups is 1. The Bertz CT molecular complexity index is 686. The number of nitrogens with one attached hydrogen (secondary N) is 1. The molecule has 2 heterocycles. The quantitative estimate of drug-likeness (QED) is 0.370. The van der Waals surface area contributed by atoms with Gasteiger partial charge in [0, 0.05) is 23.7 Å². The second-order valence-corrected chi connectivity index (χ2v) is 8.06. The Morgan fingerprint density at radius 3 is 2.54 bits per heavy atom. The fourth-order valence-electron chi connectivity index (χ4n) is 3.41. The Morgan fingerprint density at radius 2 is 1.92 bits per heavy atom. The molecule has 1 aliphatic rings. The Morgan fingerprint density at radius 1 is 1.23 bits per heavy atom. The average molecular weight is 484 g/mol. The number of hydrogen-bond acceptors (Lipinski definition) is 3. The van der Waals surface area contributed by atoms with E-state index in [-0.39, 0.29) is 24.0 Å². The summed E-state index contributed by atoms with van der Waals surface area (Å²) in [5.74, 6) is 1.16. The highest BCUT2D eigenvalue weighted by Gasteiger charge is 2.19. The summed E-state index contributed by atoms with van der Waals surface area (Å²) in [6.45, 7) is 8.40. The lowest BCUT2D eigenvalue weighted by molar-refractivity contribution is 0.182. The van der Waals surface area contributed by atoms with Gasteiger partial charge in [0.1, 0.15) is 0 Å². The van der Waals surface area contributed by atoms with Gasteiger partial charge >= 0.3 is 0 Å². The highest BCUT2D eigenvalue weighted by atomic mass is 127. The lowest BCUT2D eigenvalue weighted by Crippen LogP contribution is -2.34. The molecule has 0 amide bonds. The van der Waals surface area contributed by atoms with Crippen LogP contribution in [0.5, 0.6) is 0 Å². The van der Waals surface area contributed by atoms with Gasteiger partial charge in [-0.1, -0.05) is 12.1 Å². The smallest absolute Gasteiger partial charge is 0.193 e. The minimum atomic E-state index is 0. The molecule has 2 aromatic rings. The van der Waals surface area contributed by atoms with Gasteiger partial charge in [0.2, 0.25) is 0 Å². The number of piperidine rings is 1. The summed E-state index contributed by atoms with van der Waals surface area (Å²) in [6, 6.07) is 10.7. The molecule has 1 aromatic heterocycles. The minimum Gasteiger partial charge on any atom is -0.370 e. The van der Waals surface area contributed by atoms with Crippen LogP contribution in [0.25, 0.3) is 0 Å². The van der Waals surface area contributed by atoms with Crippen LogP contribution in [-0.2, 0) is 6.54 Å². The molecular formula is C20H29IN4S. The maximum absolute atomic E-state index is 6.07. The normalized spacial score (nSPS) is 16.3. The number of halogens is 1. The first-order valence-electron chi connectivity index (χ1n) is 8.98. The molecule has 0 atom stereocenters. The first kappa shape index (κ1) is 21.2.